The topological polar surface area (TPSA) is 20.2 Å². The second-order valence-electron chi connectivity index (χ2n) is 4.26. The summed E-state index contributed by atoms with van der Waals surface area (Å²) >= 11 is 1.84. The molecule has 2 heteroatoms. The minimum atomic E-state index is -0.0923. The second kappa shape index (κ2) is 7.04. The van der Waals surface area contributed by atoms with Crippen LogP contribution >= 0.6 is 11.8 Å². The van der Waals surface area contributed by atoms with E-state index in [0.717, 1.165) is 11.3 Å². The average molecular weight is 268 g/mol. The Bertz CT molecular complexity index is 591. The van der Waals surface area contributed by atoms with Crippen LogP contribution in [-0.2, 0) is 5.75 Å². The maximum Gasteiger partial charge on any atom is 0.104 e. The van der Waals surface area contributed by atoms with Gasteiger partial charge in [-0.1, -0.05) is 41.7 Å². The van der Waals surface area contributed by atoms with Crippen molar-refractivity contribution < 1.29 is 5.11 Å². The normalized spacial score (nSPS) is 9.79. The summed E-state index contributed by atoms with van der Waals surface area (Å²) < 4.78 is 0. The van der Waals surface area contributed by atoms with Crippen molar-refractivity contribution in [3.05, 3.63) is 65.2 Å². The number of rotatable bonds is 3. The molecule has 19 heavy (non-hydrogen) atoms. The minimum absolute atomic E-state index is 0.0923. The lowest BCUT2D eigenvalue weighted by Gasteiger charge is -2.03. The Kier molecular flexibility index (Phi) is 5.09. The van der Waals surface area contributed by atoms with Gasteiger partial charge in [0.15, 0.2) is 0 Å². The van der Waals surface area contributed by atoms with Crippen LogP contribution < -0.4 is 0 Å². The zero-order valence-corrected chi connectivity index (χ0v) is 11.7. The van der Waals surface area contributed by atoms with Crippen LogP contribution in [0.5, 0.6) is 0 Å². The second-order valence-corrected chi connectivity index (χ2v) is 5.31. The lowest BCUT2D eigenvalue weighted by molar-refractivity contribution is 0.350. The van der Waals surface area contributed by atoms with Gasteiger partial charge in [-0.05, 0) is 36.8 Å². The van der Waals surface area contributed by atoms with E-state index in [2.05, 4.69) is 55.2 Å². The molecule has 0 unspecified atom stereocenters. The monoisotopic (exact) mass is 268 g/mol. The van der Waals surface area contributed by atoms with Crippen LogP contribution in [0.4, 0.5) is 0 Å². The summed E-state index contributed by atoms with van der Waals surface area (Å²) in [6, 6.07) is 16.7. The van der Waals surface area contributed by atoms with Gasteiger partial charge in [0.2, 0.25) is 0 Å². The Morgan fingerprint density at radius 3 is 2.58 bits per heavy atom. The first kappa shape index (κ1) is 13.7. The van der Waals surface area contributed by atoms with Gasteiger partial charge in [-0.3, -0.25) is 0 Å². The Morgan fingerprint density at radius 2 is 1.89 bits per heavy atom. The van der Waals surface area contributed by atoms with Crippen molar-refractivity contribution in [3.63, 3.8) is 0 Å². The van der Waals surface area contributed by atoms with E-state index >= 15 is 0 Å². The van der Waals surface area contributed by atoms with E-state index < -0.39 is 0 Å². The summed E-state index contributed by atoms with van der Waals surface area (Å²) in [6.07, 6.45) is 0. The van der Waals surface area contributed by atoms with Crippen LogP contribution in [0.2, 0.25) is 0 Å². The third kappa shape index (κ3) is 4.48. The first-order chi connectivity index (χ1) is 9.28. The number of thioether (sulfide) groups is 1. The summed E-state index contributed by atoms with van der Waals surface area (Å²) in [5.74, 6) is 6.50. The smallest absolute Gasteiger partial charge is 0.104 e. The molecular weight excluding hydrogens is 252 g/mol. The summed E-state index contributed by atoms with van der Waals surface area (Å²) in [5, 5.41) is 8.64. The fourth-order valence-electron chi connectivity index (χ4n) is 1.70. The summed E-state index contributed by atoms with van der Waals surface area (Å²) in [7, 11) is 0. The highest BCUT2D eigenvalue weighted by molar-refractivity contribution is 7.98. The van der Waals surface area contributed by atoms with E-state index in [0.29, 0.717) is 0 Å². The SMILES string of the molecule is Cc1cccc(SCc2ccc(C#CCO)cc2)c1. The molecule has 0 heterocycles. The van der Waals surface area contributed by atoms with Gasteiger partial charge >= 0.3 is 0 Å². The molecule has 1 N–H and O–H groups in total. The highest BCUT2D eigenvalue weighted by Crippen LogP contribution is 2.23. The molecule has 0 aliphatic carbocycles. The van der Waals surface area contributed by atoms with Crippen molar-refractivity contribution in [2.45, 2.75) is 17.6 Å². The van der Waals surface area contributed by atoms with Gasteiger partial charge in [-0.25, -0.2) is 0 Å². The molecule has 0 amide bonds. The predicted molar refractivity (Wildman–Crippen MR) is 81.1 cm³/mol. The molecule has 0 fully saturated rings. The van der Waals surface area contributed by atoms with Crippen LogP contribution in [0.1, 0.15) is 16.7 Å². The molecule has 0 radical (unpaired) electrons. The molecule has 2 rings (SSSR count). The van der Waals surface area contributed by atoms with Crippen molar-refractivity contribution >= 4 is 11.8 Å². The Morgan fingerprint density at radius 1 is 1.11 bits per heavy atom. The van der Waals surface area contributed by atoms with Gasteiger partial charge in [-0.15, -0.1) is 11.8 Å². The maximum atomic E-state index is 8.64. The lowest BCUT2D eigenvalue weighted by Crippen LogP contribution is -1.83. The van der Waals surface area contributed by atoms with Crippen LogP contribution in [0, 0.1) is 18.8 Å². The number of aliphatic hydroxyl groups is 1. The highest BCUT2D eigenvalue weighted by atomic mass is 32.2. The number of benzene rings is 2. The maximum absolute atomic E-state index is 8.64. The summed E-state index contributed by atoms with van der Waals surface area (Å²) in [6.45, 7) is 2.02. The van der Waals surface area contributed by atoms with Crippen molar-refractivity contribution in [1.82, 2.24) is 0 Å². The third-order valence-corrected chi connectivity index (χ3v) is 3.73. The van der Waals surface area contributed by atoms with Gasteiger partial charge in [0, 0.05) is 16.2 Å². The molecule has 0 bridgehead atoms. The molecule has 2 aromatic rings. The molecule has 0 aromatic heterocycles. The molecule has 0 atom stereocenters. The fraction of sp³-hybridized carbons (Fsp3) is 0.176. The zero-order valence-electron chi connectivity index (χ0n) is 10.9. The molecule has 0 saturated carbocycles. The van der Waals surface area contributed by atoms with Crippen molar-refractivity contribution in [3.8, 4) is 11.8 Å². The predicted octanol–water partition coefficient (Wildman–Crippen LogP) is 3.63. The number of aliphatic hydroxyl groups excluding tert-OH is 1. The molecule has 0 aliphatic rings. The first-order valence-corrected chi connectivity index (χ1v) is 7.14. The molecule has 0 aliphatic heterocycles. The zero-order chi connectivity index (χ0) is 13.5. The Balaban J connectivity index is 1.96. The van der Waals surface area contributed by atoms with Crippen LogP contribution in [0.15, 0.2) is 53.4 Å². The van der Waals surface area contributed by atoms with Crippen LogP contribution in [0.25, 0.3) is 0 Å². The molecule has 0 saturated heterocycles. The molecule has 1 nitrogen and oxygen atoms in total. The minimum Gasteiger partial charge on any atom is -0.384 e. The summed E-state index contributed by atoms with van der Waals surface area (Å²) in [5.41, 5.74) is 3.51. The van der Waals surface area contributed by atoms with Crippen molar-refractivity contribution in [1.29, 1.82) is 0 Å². The standard InChI is InChI=1S/C17H16OS/c1-14-4-2-6-17(12-14)19-13-16-9-7-15(8-10-16)5-3-11-18/h2,4,6-10,12,18H,11,13H2,1H3. The molecular formula is C17H16OS. The van der Waals surface area contributed by atoms with Crippen LogP contribution in [0.3, 0.4) is 0 Å². The first-order valence-electron chi connectivity index (χ1n) is 6.16. The van der Waals surface area contributed by atoms with Crippen LogP contribution in [-0.4, -0.2) is 11.7 Å². The van der Waals surface area contributed by atoms with Gasteiger partial charge in [0.25, 0.3) is 0 Å². The molecule has 0 spiro atoms. The van der Waals surface area contributed by atoms with Crippen molar-refractivity contribution in [2.75, 3.05) is 6.61 Å². The lowest BCUT2D eigenvalue weighted by atomic mass is 10.1. The van der Waals surface area contributed by atoms with E-state index in [1.165, 1.54) is 16.0 Å². The van der Waals surface area contributed by atoms with Gasteiger partial charge < -0.3 is 5.11 Å². The van der Waals surface area contributed by atoms with E-state index in [9.17, 15) is 0 Å². The Hall–Kier alpha value is -1.69. The highest BCUT2D eigenvalue weighted by Gasteiger charge is 1.97. The van der Waals surface area contributed by atoms with E-state index in [1.807, 2.05) is 23.9 Å². The molecule has 96 valence electrons. The largest absolute Gasteiger partial charge is 0.384 e. The van der Waals surface area contributed by atoms with Gasteiger partial charge in [0.05, 0.1) is 0 Å². The van der Waals surface area contributed by atoms with Gasteiger partial charge in [-0.2, -0.15) is 0 Å². The molecule has 2 aromatic carbocycles. The Labute approximate surface area is 118 Å². The number of hydrogen-bond donors (Lipinski definition) is 1. The quantitative estimate of drug-likeness (QED) is 0.677. The van der Waals surface area contributed by atoms with E-state index in [1.54, 1.807) is 0 Å². The number of hydrogen-bond acceptors (Lipinski definition) is 2. The van der Waals surface area contributed by atoms with Gasteiger partial charge in [0.1, 0.15) is 6.61 Å². The average Bonchev–Trinajstić information content (AvgIpc) is 2.44. The van der Waals surface area contributed by atoms with E-state index in [4.69, 9.17) is 5.11 Å². The summed E-state index contributed by atoms with van der Waals surface area (Å²) in [4.78, 5) is 1.30. The number of aryl methyl sites for hydroxylation is 1. The third-order valence-electron chi connectivity index (χ3n) is 2.66. The van der Waals surface area contributed by atoms with Crippen molar-refractivity contribution in [2.24, 2.45) is 0 Å². The van der Waals surface area contributed by atoms with E-state index in [-0.39, 0.29) is 6.61 Å². The fourth-order valence-corrected chi connectivity index (χ4v) is 2.67.